The fourth-order valence-corrected chi connectivity index (χ4v) is 4.96. The Bertz CT molecular complexity index is 1870. The molecule has 13 heteroatoms. The standard InChI is InChI=1S/C21H22FN3O3.C10H10ClN3O2/c1-4-27-21(26)17-12(3)25-20-18(23-10-24-19(17)20)14-7-11(2)15(22)8-16(14)28-9-13-5-6-13;1-3-16-10(15)6-5(2)14-8-7(6)12-4-13-9(8)11/h7-8,10,13,25H,4-6,9H2,1-3H3;4,14H,3H2,1-2H3. The molecule has 0 saturated heterocycles. The van der Waals surface area contributed by atoms with Crippen LogP contribution in [0.25, 0.3) is 33.3 Å². The number of aromatic nitrogens is 6. The Morgan fingerprint density at radius 1 is 0.886 bits per heavy atom. The van der Waals surface area contributed by atoms with E-state index in [1.54, 1.807) is 40.7 Å². The first-order chi connectivity index (χ1) is 21.1. The van der Waals surface area contributed by atoms with Gasteiger partial charge in [-0.3, -0.25) is 0 Å². The van der Waals surface area contributed by atoms with Crippen molar-refractivity contribution in [1.29, 1.82) is 0 Å². The normalized spacial score (nSPS) is 12.6. The van der Waals surface area contributed by atoms with E-state index in [1.165, 1.54) is 18.7 Å². The molecule has 4 heterocycles. The van der Waals surface area contributed by atoms with Crippen LogP contribution in [0.5, 0.6) is 5.75 Å². The molecule has 11 nitrogen and oxygen atoms in total. The number of benzene rings is 1. The van der Waals surface area contributed by atoms with Gasteiger partial charge in [-0.15, -0.1) is 0 Å². The van der Waals surface area contributed by atoms with E-state index in [0.717, 1.165) is 12.8 Å². The third kappa shape index (κ3) is 6.21. The second kappa shape index (κ2) is 13.0. The summed E-state index contributed by atoms with van der Waals surface area (Å²) in [4.78, 5) is 46.8. The van der Waals surface area contributed by atoms with E-state index in [0.29, 0.717) is 91.4 Å². The second-order valence-electron chi connectivity index (χ2n) is 10.4. The molecule has 1 fully saturated rings. The molecule has 0 bridgehead atoms. The lowest BCUT2D eigenvalue weighted by molar-refractivity contribution is 0.0517. The highest BCUT2D eigenvalue weighted by molar-refractivity contribution is 6.34. The Morgan fingerprint density at radius 3 is 2.05 bits per heavy atom. The maximum atomic E-state index is 14.2. The number of hydrogen-bond donors (Lipinski definition) is 2. The van der Waals surface area contributed by atoms with Gasteiger partial charge in [-0.2, -0.15) is 0 Å². The molecule has 6 rings (SSSR count). The van der Waals surface area contributed by atoms with Crippen LogP contribution in [0.15, 0.2) is 24.8 Å². The largest absolute Gasteiger partial charge is 0.492 e. The van der Waals surface area contributed by atoms with Crippen molar-refractivity contribution in [1.82, 2.24) is 29.9 Å². The second-order valence-corrected chi connectivity index (χ2v) is 10.7. The summed E-state index contributed by atoms with van der Waals surface area (Å²) in [6.45, 7) is 9.93. The summed E-state index contributed by atoms with van der Waals surface area (Å²) >= 11 is 5.89. The Morgan fingerprint density at radius 2 is 1.45 bits per heavy atom. The minimum atomic E-state index is -0.434. The Balaban J connectivity index is 0.000000204. The van der Waals surface area contributed by atoms with E-state index in [4.69, 9.17) is 25.8 Å². The van der Waals surface area contributed by atoms with Crippen molar-refractivity contribution < 1.29 is 28.2 Å². The van der Waals surface area contributed by atoms with E-state index in [-0.39, 0.29) is 12.4 Å². The Hall–Kier alpha value is -4.58. The van der Waals surface area contributed by atoms with Crippen LogP contribution in [0, 0.1) is 32.5 Å². The number of nitrogens with zero attached hydrogens (tertiary/aromatic N) is 4. The molecule has 0 aliphatic heterocycles. The monoisotopic (exact) mass is 622 g/mol. The molecule has 0 atom stereocenters. The van der Waals surface area contributed by atoms with Gasteiger partial charge in [0.15, 0.2) is 5.15 Å². The van der Waals surface area contributed by atoms with Crippen LogP contribution in [0.3, 0.4) is 0 Å². The predicted octanol–water partition coefficient (Wildman–Crippen LogP) is 6.44. The fourth-order valence-electron chi connectivity index (χ4n) is 4.78. The minimum absolute atomic E-state index is 0.277. The number of aromatic amines is 2. The lowest BCUT2D eigenvalue weighted by Gasteiger charge is -2.13. The number of ether oxygens (including phenoxy) is 3. The topological polar surface area (TPSA) is 145 Å². The molecular weight excluding hydrogens is 591 g/mol. The van der Waals surface area contributed by atoms with Crippen LogP contribution in [0.2, 0.25) is 5.15 Å². The fraction of sp³-hybridized carbons (Fsp3) is 0.355. The van der Waals surface area contributed by atoms with Gasteiger partial charge in [0.1, 0.15) is 57.6 Å². The molecule has 2 N–H and O–H groups in total. The summed E-state index contributed by atoms with van der Waals surface area (Å²) in [6, 6.07) is 3.13. The quantitative estimate of drug-likeness (QED) is 0.147. The van der Waals surface area contributed by atoms with Crippen molar-refractivity contribution in [2.45, 2.75) is 47.5 Å². The lowest BCUT2D eigenvalue weighted by Crippen LogP contribution is -2.06. The van der Waals surface area contributed by atoms with Crippen molar-refractivity contribution in [2.75, 3.05) is 19.8 Å². The van der Waals surface area contributed by atoms with Gasteiger partial charge in [0.05, 0.1) is 25.3 Å². The average molecular weight is 623 g/mol. The van der Waals surface area contributed by atoms with Crippen molar-refractivity contribution in [3.05, 3.63) is 63.8 Å². The SMILES string of the molecule is CCOC(=O)c1c(C)[nH]c2c(-c3cc(C)c(F)cc3OCC3CC3)ncnc12.CCOC(=O)c1c(C)[nH]c2c(Cl)ncnc12. The van der Waals surface area contributed by atoms with Gasteiger partial charge < -0.3 is 24.2 Å². The average Bonchev–Trinajstić information content (AvgIpc) is 3.66. The summed E-state index contributed by atoms with van der Waals surface area (Å²) in [7, 11) is 0. The van der Waals surface area contributed by atoms with E-state index >= 15 is 0 Å². The van der Waals surface area contributed by atoms with Crippen LogP contribution in [0.1, 0.15) is 64.4 Å². The highest BCUT2D eigenvalue weighted by Crippen LogP contribution is 2.38. The van der Waals surface area contributed by atoms with Gasteiger partial charge in [-0.05, 0) is 65.0 Å². The molecule has 0 amide bonds. The molecule has 44 heavy (non-hydrogen) atoms. The molecular formula is C31H32ClFN6O5. The molecule has 1 aliphatic carbocycles. The number of halogens is 2. The van der Waals surface area contributed by atoms with Crippen molar-refractivity contribution in [2.24, 2.45) is 5.92 Å². The van der Waals surface area contributed by atoms with Gasteiger partial charge in [-0.1, -0.05) is 11.6 Å². The molecule has 0 radical (unpaired) electrons. The summed E-state index contributed by atoms with van der Waals surface area (Å²) in [5, 5.41) is 0.295. The van der Waals surface area contributed by atoms with Crippen LogP contribution < -0.4 is 4.74 Å². The summed E-state index contributed by atoms with van der Waals surface area (Å²) in [6.07, 6.45) is 5.00. The van der Waals surface area contributed by atoms with E-state index < -0.39 is 11.9 Å². The number of esters is 2. The molecule has 1 aromatic carbocycles. The Labute approximate surface area is 257 Å². The Kier molecular flexibility index (Phi) is 9.09. The van der Waals surface area contributed by atoms with Gasteiger partial charge in [0.2, 0.25) is 0 Å². The molecule has 4 aromatic heterocycles. The third-order valence-corrected chi connectivity index (χ3v) is 7.43. The smallest absolute Gasteiger partial charge is 0.342 e. The number of carbonyl (C=O) groups is 2. The van der Waals surface area contributed by atoms with Crippen molar-refractivity contribution in [3.63, 3.8) is 0 Å². The zero-order valence-electron chi connectivity index (χ0n) is 25.0. The molecule has 5 aromatic rings. The third-order valence-electron chi connectivity index (χ3n) is 7.14. The number of H-pyrrole nitrogens is 2. The number of carbonyl (C=O) groups excluding carboxylic acids is 2. The van der Waals surface area contributed by atoms with Crippen LogP contribution in [0.4, 0.5) is 4.39 Å². The van der Waals surface area contributed by atoms with Crippen LogP contribution in [-0.2, 0) is 9.47 Å². The molecule has 1 aliphatic rings. The maximum Gasteiger partial charge on any atom is 0.342 e. The number of rotatable bonds is 8. The van der Waals surface area contributed by atoms with E-state index in [2.05, 4.69) is 29.9 Å². The zero-order chi connectivity index (χ0) is 31.5. The highest BCUT2D eigenvalue weighted by Gasteiger charge is 2.26. The number of hydrogen-bond acceptors (Lipinski definition) is 9. The summed E-state index contributed by atoms with van der Waals surface area (Å²) < 4.78 is 30.2. The zero-order valence-corrected chi connectivity index (χ0v) is 25.8. The first kappa shape index (κ1) is 30.9. The van der Waals surface area contributed by atoms with Crippen LogP contribution >= 0.6 is 11.6 Å². The van der Waals surface area contributed by atoms with Crippen LogP contribution in [-0.4, -0.2) is 61.7 Å². The van der Waals surface area contributed by atoms with E-state index in [1.807, 2.05) is 0 Å². The van der Waals surface area contributed by atoms with Gasteiger partial charge in [0, 0.05) is 23.0 Å². The highest BCUT2D eigenvalue weighted by atomic mass is 35.5. The number of nitrogens with one attached hydrogen (secondary N) is 2. The maximum absolute atomic E-state index is 14.2. The predicted molar refractivity (Wildman–Crippen MR) is 163 cm³/mol. The van der Waals surface area contributed by atoms with Crippen molar-refractivity contribution >= 4 is 45.6 Å². The van der Waals surface area contributed by atoms with Gasteiger partial charge in [-0.25, -0.2) is 33.9 Å². The van der Waals surface area contributed by atoms with Gasteiger partial charge in [0.25, 0.3) is 0 Å². The first-order valence-electron chi connectivity index (χ1n) is 14.2. The van der Waals surface area contributed by atoms with Gasteiger partial charge >= 0.3 is 11.9 Å². The summed E-state index contributed by atoms with van der Waals surface area (Å²) in [5.74, 6) is -0.183. The summed E-state index contributed by atoms with van der Waals surface area (Å²) in [5.41, 5.74) is 6.00. The minimum Gasteiger partial charge on any atom is -0.492 e. The molecule has 1 saturated carbocycles. The molecule has 0 unspecified atom stereocenters. The van der Waals surface area contributed by atoms with Crippen molar-refractivity contribution in [3.8, 4) is 17.0 Å². The number of aryl methyl sites for hydroxylation is 3. The van der Waals surface area contributed by atoms with E-state index in [9.17, 15) is 14.0 Å². The molecule has 0 spiro atoms. The first-order valence-corrected chi connectivity index (χ1v) is 14.6. The number of fused-ring (bicyclic) bond motifs is 2. The lowest BCUT2D eigenvalue weighted by atomic mass is 10.0. The molecule has 230 valence electrons.